The van der Waals surface area contributed by atoms with Crippen LogP contribution < -0.4 is 5.32 Å². The van der Waals surface area contributed by atoms with Gasteiger partial charge >= 0.3 is 0 Å². The zero-order chi connectivity index (χ0) is 26.2. The molecule has 3 aromatic carbocycles. The Morgan fingerprint density at radius 1 is 0.865 bits per heavy atom. The predicted octanol–water partition coefficient (Wildman–Crippen LogP) is 6.76. The predicted molar refractivity (Wildman–Crippen MR) is 146 cm³/mol. The third kappa shape index (κ3) is 7.56. The van der Waals surface area contributed by atoms with Crippen LogP contribution in [0.2, 0.25) is 10.0 Å². The number of carbonyl (C=O) groups excluding carboxylic acids is 2. The summed E-state index contributed by atoms with van der Waals surface area (Å²) in [5.41, 5.74) is 2.19. The summed E-state index contributed by atoms with van der Waals surface area (Å²) in [6.45, 7) is 0.150. The Morgan fingerprint density at radius 3 is 2.16 bits per heavy atom. The van der Waals surface area contributed by atoms with Crippen LogP contribution in [0.5, 0.6) is 0 Å². The van der Waals surface area contributed by atoms with Crippen molar-refractivity contribution in [1.82, 2.24) is 10.2 Å². The molecule has 0 heterocycles. The second kappa shape index (κ2) is 13.1. The molecule has 37 heavy (non-hydrogen) atoms. The summed E-state index contributed by atoms with van der Waals surface area (Å²) >= 11 is 12.8. The highest BCUT2D eigenvalue weighted by Gasteiger charge is 2.32. The van der Waals surface area contributed by atoms with Crippen LogP contribution in [-0.2, 0) is 29.0 Å². The molecule has 0 unspecified atom stereocenters. The minimum atomic E-state index is -0.761. The first kappa shape index (κ1) is 27.2. The summed E-state index contributed by atoms with van der Waals surface area (Å²) in [5.74, 6) is -0.823. The van der Waals surface area contributed by atoms with E-state index < -0.39 is 6.04 Å². The van der Waals surface area contributed by atoms with Crippen molar-refractivity contribution in [3.63, 3.8) is 0 Å². The lowest BCUT2D eigenvalue weighted by Crippen LogP contribution is -2.53. The van der Waals surface area contributed by atoms with E-state index in [1.807, 2.05) is 30.3 Å². The molecule has 1 atom stereocenters. The summed E-state index contributed by atoms with van der Waals surface area (Å²) in [6.07, 6.45) is 5.50. The maximum atomic E-state index is 13.9. The number of amides is 2. The normalized spacial score (nSPS) is 14.7. The van der Waals surface area contributed by atoms with Crippen LogP contribution in [0.4, 0.5) is 4.39 Å². The maximum Gasteiger partial charge on any atom is 0.243 e. The fourth-order valence-corrected chi connectivity index (χ4v) is 5.37. The Kier molecular flexibility index (Phi) is 9.59. The zero-order valence-electron chi connectivity index (χ0n) is 20.6. The van der Waals surface area contributed by atoms with Gasteiger partial charge in [0.15, 0.2) is 0 Å². The molecule has 4 rings (SSSR count). The van der Waals surface area contributed by atoms with E-state index in [1.165, 1.54) is 18.6 Å². The van der Waals surface area contributed by atoms with E-state index in [2.05, 4.69) is 5.32 Å². The summed E-state index contributed by atoms with van der Waals surface area (Å²) in [7, 11) is 0. The van der Waals surface area contributed by atoms with Gasteiger partial charge < -0.3 is 10.2 Å². The van der Waals surface area contributed by atoms with E-state index in [9.17, 15) is 14.0 Å². The number of benzene rings is 3. The molecule has 1 aliphatic carbocycles. The van der Waals surface area contributed by atoms with Gasteiger partial charge in [-0.25, -0.2) is 4.39 Å². The second-order valence-corrected chi connectivity index (χ2v) is 10.4. The van der Waals surface area contributed by atoms with Gasteiger partial charge in [0, 0.05) is 29.1 Å². The maximum absolute atomic E-state index is 13.9. The topological polar surface area (TPSA) is 49.4 Å². The van der Waals surface area contributed by atoms with Crippen LogP contribution in [0, 0.1) is 5.82 Å². The van der Waals surface area contributed by atoms with Crippen molar-refractivity contribution in [1.29, 1.82) is 0 Å². The van der Waals surface area contributed by atoms with E-state index in [1.54, 1.807) is 35.2 Å². The van der Waals surface area contributed by atoms with Crippen LogP contribution in [0.3, 0.4) is 0 Å². The van der Waals surface area contributed by atoms with E-state index >= 15 is 0 Å². The van der Waals surface area contributed by atoms with E-state index in [0.29, 0.717) is 22.0 Å². The number of halogens is 3. The highest BCUT2D eigenvalue weighted by Crippen LogP contribution is 2.27. The molecule has 7 heteroatoms. The van der Waals surface area contributed by atoms with Gasteiger partial charge in [0.25, 0.3) is 0 Å². The summed E-state index contributed by atoms with van der Waals surface area (Å²) in [6, 6.07) is 20.1. The van der Waals surface area contributed by atoms with Crippen molar-refractivity contribution in [3.05, 3.63) is 105 Å². The van der Waals surface area contributed by atoms with Gasteiger partial charge in [0.05, 0.1) is 6.42 Å². The summed E-state index contributed by atoms with van der Waals surface area (Å²) in [4.78, 5) is 29.2. The molecule has 4 nitrogen and oxygen atoms in total. The highest BCUT2D eigenvalue weighted by atomic mass is 35.5. The Labute approximate surface area is 227 Å². The molecule has 0 bridgehead atoms. The van der Waals surface area contributed by atoms with E-state index in [4.69, 9.17) is 23.2 Å². The summed E-state index contributed by atoms with van der Waals surface area (Å²) < 4.78 is 13.6. The molecule has 0 spiro atoms. The number of carbonyl (C=O) groups is 2. The molecule has 0 radical (unpaired) electrons. The molecule has 1 fully saturated rings. The SMILES string of the molecule is O=C(NC1CCCCC1)[C@H](Cc1ccccc1)N(Cc1ccc(F)cc1)C(=O)Cc1c(Cl)cccc1Cl. The number of rotatable bonds is 9. The van der Waals surface area contributed by atoms with Crippen LogP contribution in [0.1, 0.15) is 48.8 Å². The quantitative estimate of drug-likeness (QED) is 0.325. The smallest absolute Gasteiger partial charge is 0.243 e. The van der Waals surface area contributed by atoms with Crippen molar-refractivity contribution in [2.75, 3.05) is 0 Å². The first-order chi connectivity index (χ1) is 17.9. The van der Waals surface area contributed by atoms with Gasteiger partial charge in [-0.15, -0.1) is 0 Å². The number of nitrogens with one attached hydrogen (secondary N) is 1. The first-order valence-electron chi connectivity index (χ1n) is 12.7. The van der Waals surface area contributed by atoms with Crippen LogP contribution in [0.25, 0.3) is 0 Å². The van der Waals surface area contributed by atoms with Crippen molar-refractivity contribution in [2.24, 2.45) is 0 Å². The average Bonchev–Trinajstić information content (AvgIpc) is 2.90. The van der Waals surface area contributed by atoms with Gasteiger partial charge in [-0.2, -0.15) is 0 Å². The number of hydrogen-bond donors (Lipinski definition) is 1. The second-order valence-electron chi connectivity index (χ2n) is 9.57. The number of hydrogen-bond acceptors (Lipinski definition) is 2. The molecule has 1 aliphatic rings. The molecule has 2 amide bonds. The van der Waals surface area contributed by atoms with Crippen LogP contribution in [-0.4, -0.2) is 28.8 Å². The highest BCUT2D eigenvalue weighted by molar-refractivity contribution is 6.36. The average molecular weight is 541 g/mol. The van der Waals surface area contributed by atoms with E-state index in [-0.39, 0.29) is 36.6 Å². The van der Waals surface area contributed by atoms with E-state index in [0.717, 1.165) is 36.8 Å². The Hall–Kier alpha value is -2.89. The molecule has 1 saturated carbocycles. The molecule has 1 N–H and O–H groups in total. The lowest BCUT2D eigenvalue weighted by Gasteiger charge is -2.33. The van der Waals surface area contributed by atoms with Gasteiger partial charge in [-0.05, 0) is 53.8 Å². The fraction of sp³-hybridized carbons (Fsp3) is 0.333. The first-order valence-corrected chi connectivity index (χ1v) is 13.5. The largest absolute Gasteiger partial charge is 0.352 e. The van der Waals surface area contributed by atoms with Crippen molar-refractivity contribution in [3.8, 4) is 0 Å². The lowest BCUT2D eigenvalue weighted by molar-refractivity contribution is -0.141. The van der Waals surface area contributed by atoms with Gasteiger partial charge in [-0.1, -0.05) is 91.0 Å². The summed E-state index contributed by atoms with van der Waals surface area (Å²) in [5, 5.41) is 4.01. The minimum Gasteiger partial charge on any atom is -0.352 e. The fourth-order valence-electron chi connectivity index (χ4n) is 4.84. The molecule has 0 aromatic heterocycles. The van der Waals surface area contributed by atoms with Crippen molar-refractivity contribution in [2.45, 2.75) is 63.6 Å². The molecular weight excluding hydrogens is 510 g/mol. The number of nitrogens with zero attached hydrogens (tertiary/aromatic N) is 1. The Morgan fingerprint density at radius 2 is 1.51 bits per heavy atom. The Bertz CT molecular complexity index is 1180. The minimum absolute atomic E-state index is 0.0539. The third-order valence-corrected chi connectivity index (χ3v) is 7.59. The lowest BCUT2D eigenvalue weighted by atomic mass is 9.94. The monoisotopic (exact) mass is 540 g/mol. The van der Waals surface area contributed by atoms with Crippen molar-refractivity contribution < 1.29 is 14.0 Å². The van der Waals surface area contributed by atoms with Gasteiger partial charge in [0.2, 0.25) is 11.8 Å². The van der Waals surface area contributed by atoms with Crippen molar-refractivity contribution >= 4 is 35.0 Å². The van der Waals surface area contributed by atoms with Gasteiger partial charge in [0.1, 0.15) is 11.9 Å². The van der Waals surface area contributed by atoms with Gasteiger partial charge in [-0.3, -0.25) is 9.59 Å². The standard InChI is InChI=1S/C30H31Cl2FN2O2/c31-26-12-7-13-27(32)25(26)19-29(36)35(20-22-14-16-23(33)17-15-22)28(18-21-8-3-1-4-9-21)30(37)34-24-10-5-2-6-11-24/h1,3-4,7-9,12-17,24,28H,2,5-6,10-11,18-20H2,(H,34,37)/t28-/m0/s1. The Balaban J connectivity index is 1.68. The zero-order valence-corrected chi connectivity index (χ0v) is 22.1. The molecule has 0 aliphatic heterocycles. The third-order valence-electron chi connectivity index (χ3n) is 6.88. The molecule has 3 aromatic rings. The molecular formula is C30H31Cl2FN2O2. The van der Waals surface area contributed by atoms with Crippen LogP contribution >= 0.6 is 23.2 Å². The van der Waals surface area contributed by atoms with Crippen LogP contribution in [0.15, 0.2) is 72.8 Å². The molecule has 0 saturated heterocycles. The molecule has 194 valence electrons.